The summed E-state index contributed by atoms with van der Waals surface area (Å²) >= 11 is 0. The lowest BCUT2D eigenvalue weighted by Gasteiger charge is -2.29. The van der Waals surface area contributed by atoms with E-state index in [2.05, 4.69) is 20.8 Å². The number of carbonyl (C=O) groups is 2. The van der Waals surface area contributed by atoms with E-state index in [1.165, 1.54) is 17.0 Å². The number of ether oxygens (including phenoxy) is 1. The van der Waals surface area contributed by atoms with Crippen LogP contribution in [0.4, 0.5) is 10.1 Å². The highest BCUT2D eigenvalue weighted by molar-refractivity contribution is 6.45. The van der Waals surface area contributed by atoms with Crippen LogP contribution in [-0.4, -0.2) is 43.0 Å². The summed E-state index contributed by atoms with van der Waals surface area (Å²) in [7, 11) is 0. The van der Waals surface area contributed by atoms with Crippen molar-refractivity contribution in [1.82, 2.24) is 4.90 Å². The van der Waals surface area contributed by atoms with E-state index in [9.17, 15) is 14.0 Å². The highest BCUT2D eigenvalue weighted by Crippen LogP contribution is 2.36. The summed E-state index contributed by atoms with van der Waals surface area (Å²) in [6.07, 6.45) is 0. The number of benzene rings is 2. The SMILES string of the molecule is CC(C)(C)c1ccc(N2C(=O)C(c3ccc(F)cc3)=C(N3CCOCC3)C2=O)cc1. The molecule has 2 amide bonds. The molecule has 0 unspecified atom stereocenters. The molecule has 0 N–H and O–H groups in total. The average molecular weight is 408 g/mol. The lowest BCUT2D eigenvalue weighted by molar-refractivity contribution is -0.121. The molecule has 156 valence electrons. The highest BCUT2D eigenvalue weighted by atomic mass is 19.1. The second kappa shape index (κ2) is 7.69. The molecule has 0 aromatic heterocycles. The highest BCUT2D eigenvalue weighted by Gasteiger charge is 2.42. The van der Waals surface area contributed by atoms with Crippen molar-refractivity contribution in [3.63, 3.8) is 0 Å². The number of hydrogen-bond donors (Lipinski definition) is 0. The normalized spacial score (nSPS) is 17.9. The van der Waals surface area contributed by atoms with Crippen LogP contribution in [-0.2, 0) is 19.7 Å². The van der Waals surface area contributed by atoms with E-state index >= 15 is 0 Å². The summed E-state index contributed by atoms with van der Waals surface area (Å²) in [4.78, 5) is 30.0. The van der Waals surface area contributed by atoms with Crippen LogP contribution in [0, 0.1) is 5.82 Å². The van der Waals surface area contributed by atoms with Gasteiger partial charge in [-0.1, -0.05) is 45.0 Å². The number of halogens is 1. The van der Waals surface area contributed by atoms with E-state index in [0.29, 0.717) is 48.8 Å². The molecular weight excluding hydrogens is 383 g/mol. The molecule has 0 spiro atoms. The maximum absolute atomic E-state index is 13.5. The monoisotopic (exact) mass is 408 g/mol. The van der Waals surface area contributed by atoms with Crippen molar-refractivity contribution in [1.29, 1.82) is 0 Å². The van der Waals surface area contributed by atoms with Crippen molar-refractivity contribution < 1.29 is 18.7 Å². The molecule has 30 heavy (non-hydrogen) atoms. The Morgan fingerprint density at radius 1 is 0.867 bits per heavy atom. The number of nitrogens with zero attached hydrogens (tertiary/aromatic N) is 2. The first-order valence-electron chi connectivity index (χ1n) is 10.1. The Labute approximate surface area is 175 Å². The van der Waals surface area contributed by atoms with Gasteiger partial charge in [0.25, 0.3) is 11.8 Å². The first-order valence-corrected chi connectivity index (χ1v) is 10.1. The molecule has 0 saturated carbocycles. The molecule has 0 atom stereocenters. The van der Waals surface area contributed by atoms with Gasteiger partial charge in [0.05, 0.1) is 24.5 Å². The van der Waals surface area contributed by atoms with Gasteiger partial charge in [-0.15, -0.1) is 0 Å². The Bertz CT molecular complexity index is 998. The molecule has 0 radical (unpaired) electrons. The number of hydrogen-bond acceptors (Lipinski definition) is 4. The van der Waals surface area contributed by atoms with Gasteiger partial charge >= 0.3 is 0 Å². The molecule has 2 aliphatic rings. The largest absolute Gasteiger partial charge is 0.378 e. The number of carbonyl (C=O) groups excluding carboxylic acids is 2. The molecule has 5 nitrogen and oxygen atoms in total. The van der Waals surface area contributed by atoms with Gasteiger partial charge in [-0.05, 0) is 40.8 Å². The van der Waals surface area contributed by atoms with Gasteiger partial charge in [0.15, 0.2) is 0 Å². The number of amides is 2. The second-order valence-corrected chi connectivity index (χ2v) is 8.57. The third-order valence-corrected chi connectivity index (χ3v) is 5.51. The fraction of sp³-hybridized carbons (Fsp3) is 0.333. The Kier molecular flexibility index (Phi) is 5.20. The van der Waals surface area contributed by atoms with Crippen molar-refractivity contribution in [2.75, 3.05) is 31.2 Å². The van der Waals surface area contributed by atoms with E-state index in [0.717, 1.165) is 5.56 Å². The van der Waals surface area contributed by atoms with Gasteiger partial charge in [-0.25, -0.2) is 9.29 Å². The maximum Gasteiger partial charge on any atom is 0.282 e. The van der Waals surface area contributed by atoms with Crippen LogP contribution in [0.25, 0.3) is 5.57 Å². The van der Waals surface area contributed by atoms with Crippen molar-refractivity contribution in [3.05, 3.63) is 71.2 Å². The minimum atomic E-state index is -0.392. The molecule has 1 saturated heterocycles. The molecule has 4 rings (SSSR count). The van der Waals surface area contributed by atoms with Crippen molar-refractivity contribution in [2.24, 2.45) is 0 Å². The third kappa shape index (κ3) is 3.63. The number of anilines is 1. The standard InChI is InChI=1S/C24H25FN2O3/c1-24(2,3)17-6-10-19(11-7-17)27-22(28)20(16-4-8-18(25)9-5-16)21(23(27)29)26-12-14-30-15-13-26/h4-11H,12-15H2,1-3H3. The first kappa shape index (κ1) is 20.3. The number of imide groups is 1. The Balaban J connectivity index is 1.77. The predicted molar refractivity (Wildman–Crippen MR) is 113 cm³/mol. The fourth-order valence-corrected chi connectivity index (χ4v) is 3.82. The van der Waals surface area contributed by atoms with E-state index in [1.54, 1.807) is 24.3 Å². The smallest absolute Gasteiger partial charge is 0.282 e. The van der Waals surface area contributed by atoms with E-state index < -0.39 is 11.7 Å². The second-order valence-electron chi connectivity index (χ2n) is 8.57. The summed E-state index contributed by atoms with van der Waals surface area (Å²) in [6.45, 7) is 8.35. The lowest BCUT2D eigenvalue weighted by Crippen LogP contribution is -2.40. The first-order chi connectivity index (χ1) is 14.3. The van der Waals surface area contributed by atoms with Crippen molar-refractivity contribution in [2.45, 2.75) is 26.2 Å². The van der Waals surface area contributed by atoms with Crippen LogP contribution in [0.15, 0.2) is 54.2 Å². The predicted octanol–water partition coefficient (Wildman–Crippen LogP) is 3.74. The average Bonchev–Trinajstić information content (AvgIpc) is 2.99. The maximum atomic E-state index is 13.5. The van der Waals surface area contributed by atoms with Crippen LogP contribution in [0.3, 0.4) is 0 Å². The molecule has 2 aromatic carbocycles. The van der Waals surface area contributed by atoms with E-state index in [4.69, 9.17) is 4.74 Å². The number of morpholine rings is 1. The van der Waals surface area contributed by atoms with Crippen LogP contribution >= 0.6 is 0 Å². The van der Waals surface area contributed by atoms with Gasteiger partial charge < -0.3 is 9.64 Å². The van der Waals surface area contributed by atoms with Gasteiger partial charge in [0.2, 0.25) is 0 Å². The molecule has 6 heteroatoms. The molecular formula is C24H25FN2O3. The Morgan fingerprint density at radius 2 is 1.47 bits per heavy atom. The van der Waals surface area contributed by atoms with Crippen LogP contribution in [0.5, 0.6) is 0 Å². The lowest BCUT2D eigenvalue weighted by atomic mass is 9.87. The molecule has 2 heterocycles. The van der Waals surface area contributed by atoms with Gasteiger partial charge in [0.1, 0.15) is 11.5 Å². The molecule has 2 aromatic rings. The third-order valence-electron chi connectivity index (χ3n) is 5.51. The molecule has 2 aliphatic heterocycles. The minimum absolute atomic E-state index is 0.0337. The fourth-order valence-electron chi connectivity index (χ4n) is 3.82. The van der Waals surface area contributed by atoms with Gasteiger partial charge in [0, 0.05) is 13.1 Å². The Hall–Kier alpha value is -2.99. The molecule has 1 fully saturated rings. The van der Waals surface area contributed by atoms with Crippen molar-refractivity contribution >= 4 is 23.1 Å². The zero-order valence-corrected chi connectivity index (χ0v) is 17.4. The summed E-state index contributed by atoms with van der Waals surface area (Å²) < 4.78 is 18.9. The Morgan fingerprint density at radius 3 is 2.03 bits per heavy atom. The van der Waals surface area contributed by atoms with Crippen molar-refractivity contribution in [3.8, 4) is 0 Å². The summed E-state index contributed by atoms with van der Waals surface area (Å²) in [5.74, 6) is -1.14. The van der Waals surface area contributed by atoms with E-state index in [1.807, 2.05) is 17.0 Å². The topological polar surface area (TPSA) is 49.9 Å². The molecule has 0 aliphatic carbocycles. The van der Waals surface area contributed by atoms with Crippen LogP contribution in [0.1, 0.15) is 31.9 Å². The van der Waals surface area contributed by atoms with Gasteiger partial charge in [-0.2, -0.15) is 0 Å². The summed E-state index contributed by atoms with van der Waals surface area (Å²) in [5, 5.41) is 0. The van der Waals surface area contributed by atoms with Gasteiger partial charge in [-0.3, -0.25) is 9.59 Å². The summed E-state index contributed by atoms with van der Waals surface area (Å²) in [6, 6.07) is 13.2. The van der Waals surface area contributed by atoms with E-state index in [-0.39, 0.29) is 11.3 Å². The number of rotatable bonds is 3. The van der Waals surface area contributed by atoms with Crippen LogP contribution < -0.4 is 4.90 Å². The zero-order valence-electron chi connectivity index (χ0n) is 17.4. The molecule has 0 bridgehead atoms. The zero-order chi connectivity index (χ0) is 21.5. The van der Waals surface area contributed by atoms with Crippen LogP contribution in [0.2, 0.25) is 0 Å². The summed E-state index contributed by atoms with van der Waals surface area (Å²) in [5.41, 5.74) is 2.81. The minimum Gasteiger partial charge on any atom is -0.378 e. The quantitative estimate of drug-likeness (QED) is 0.726.